The Balaban J connectivity index is 2.32. The molecule has 0 spiro atoms. The fraction of sp³-hybridized carbons (Fsp3) is 0.417. The zero-order valence-corrected chi connectivity index (χ0v) is 11.0. The van der Waals surface area contributed by atoms with Crippen LogP contribution >= 0.6 is 12.6 Å². The third-order valence-corrected chi connectivity index (χ3v) is 3.48. The molecule has 0 fully saturated rings. The average Bonchev–Trinajstić information content (AvgIpc) is 2.29. The predicted molar refractivity (Wildman–Crippen MR) is 70.6 cm³/mol. The molecular formula is C12H16N2O2S. The van der Waals surface area contributed by atoms with E-state index in [9.17, 15) is 4.79 Å². The van der Waals surface area contributed by atoms with Gasteiger partial charge in [-0.05, 0) is 38.7 Å². The molecule has 1 heterocycles. The summed E-state index contributed by atoms with van der Waals surface area (Å²) in [5.74, 6) is 0.593. The highest BCUT2D eigenvalue weighted by atomic mass is 32.1. The molecule has 2 atom stereocenters. The molecule has 1 amide bonds. The minimum Gasteiger partial charge on any atom is -0.479 e. The van der Waals surface area contributed by atoms with Crippen LogP contribution in [-0.4, -0.2) is 31.0 Å². The molecule has 5 heteroatoms. The second-order valence-electron chi connectivity index (χ2n) is 4.34. The van der Waals surface area contributed by atoms with Gasteiger partial charge in [0.15, 0.2) is 6.10 Å². The van der Waals surface area contributed by atoms with Crippen molar-refractivity contribution >= 4 is 24.2 Å². The van der Waals surface area contributed by atoms with Crippen molar-refractivity contribution in [2.24, 2.45) is 0 Å². The topological polar surface area (TPSA) is 41.6 Å². The summed E-state index contributed by atoms with van der Waals surface area (Å²) in [4.78, 5) is 13.5. The standard InChI is InChI=1S/C12H16N2O2S/c1-7-11(15)13-9-6-8(12(17)14(2)3)4-5-10(9)16-7/h4-7,12,17H,1-3H3,(H,13,15). The summed E-state index contributed by atoms with van der Waals surface area (Å²) in [6.07, 6.45) is -0.436. The van der Waals surface area contributed by atoms with Crippen molar-refractivity contribution in [3.63, 3.8) is 0 Å². The van der Waals surface area contributed by atoms with Crippen LogP contribution in [0.3, 0.4) is 0 Å². The van der Waals surface area contributed by atoms with Crippen LogP contribution in [0.1, 0.15) is 17.9 Å². The molecule has 0 bridgehead atoms. The molecule has 1 aromatic carbocycles. The van der Waals surface area contributed by atoms with E-state index in [1.54, 1.807) is 6.92 Å². The summed E-state index contributed by atoms with van der Waals surface area (Å²) < 4.78 is 5.49. The molecule has 92 valence electrons. The van der Waals surface area contributed by atoms with Gasteiger partial charge >= 0.3 is 0 Å². The van der Waals surface area contributed by atoms with Crippen molar-refractivity contribution in [1.29, 1.82) is 0 Å². The van der Waals surface area contributed by atoms with Crippen molar-refractivity contribution in [1.82, 2.24) is 4.90 Å². The number of hydrogen-bond donors (Lipinski definition) is 2. The van der Waals surface area contributed by atoms with Crippen LogP contribution < -0.4 is 10.1 Å². The minimum absolute atomic E-state index is 0.00319. The van der Waals surface area contributed by atoms with Gasteiger partial charge in [0.25, 0.3) is 5.91 Å². The van der Waals surface area contributed by atoms with Gasteiger partial charge in [-0.3, -0.25) is 9.69 Å². The van der Waals surface area contributed by atoms with E-state index in [0.29, 0.717) is 11.4 Å². The van der Waals surface area contributed by atoms with Crippen LogP contribution in [0.25, 0.3) is 0 Å². The number of carbonyl (C=O) groups excluding carboxylic acids is 1. The summed E-state index contributed by atoms with van der Waals surface area (Å²) >= 11 is 4.49. The maximum Gasteiger partial charge on any atom is 0.265 e. The van der Waals surface area contributed by atoms with E-state index in [-0.39, 0.29) is 11.3 Å². The number of nitrogens with one attached hydrogen (secondary N) is 1. The Labute approximate surface area is 106 Å². The average molecular weight is 252 g/mol. The molecule has 1 aliphatic rings. The van der Waals surface area contributed by atoms with Gasteiger partial charge in [0.05, 0.1) is 11.1 Å². The first-order chi connectivity index (χ1) is 7.99. The first-order valence-corrected chi connectivity index (χ1v) is 5.96. The fourth-order valence-electron chi connectivity index (χ4n) is 1.69. The highest BCUT2D eigenvalue weighted by molar-refractivity contribution is 7.80. The van der Waals surface area contributed by atoms with Crippen LogP contribution in [-0.2, 0) is 4.79 Å². The maximum absolute atomic E-state index is 11.5. The number of rotatable bonds is 2. The van der Waals surface area contributed by atoms with Crippen LogP contribution in [0.2, 0.25) is 0 Å². The zero-order valence-electron chi connectivity index (χ0n) is 10.1. The monoisotopic (exact) mass is 252 g/mol. The van der Waals surface area contributed by atoms with Crippen LogP contribution in [0.4, 0.5) is 5.69 Å². The number of nitrogens with zero attached hydrogens (tertiary/aromatic N) is 1. The van der Waals surface area contributed by atoms with Gasteiger partial charge < -0.3 is 10.1 Å². The molecule has 0 radical (unpaired) electrons. The quantitative estimate of drug-likeness (QED) is 0.624. The van der Waals surface area contributed by atoms with E-state index >= 15 is 0 Å². The third-order valence-electron chi connectivity index (χ3n) is 2.72. The van der Waals surface area contributed by atoms with Gasteiger partial charge in [-0.2, -0.15) is 12.6 Å². The smallest absolute Gasteiger partial charge is 0.265 e. The van der Waals surface area contributed by atoms with Crippen LogP contribution in [0.15, 0.2) is 18.2 Å². The summed E-state index contributed by atoms with van der Waals surface area (Å²) in [6, 6.07) is 5.73. The number of thiol groups is 1. The second kappa shape index (κ2) is 4.58. The number of amides is 1. The Morgan fingerprint density at radius 1 is 1.47 bits per heavy atom. The van der Waals surface area contributed by atoms with Gasteiger partial charge in [0, 0.05) is 0 Å². The van der Waals surface area contributed by atoms with Crippen molar-refractivity contribution in [3.05, 3.63) is 23.8 Å². The zero-order chi connectivity index (χ0) is 12.6. The van der Waals surface area contributed by atoms with Crippen LogP contribution in [0.5, 0.6) is 5.75 Å². The lowest BCUT2D eigenvalue weighted by Gasteiger charge is -2.25. The molecule has 0 saturated carbocycles. The van der Waals surface area contributed by atoms with Crippen molar-refractivity contribution < 1.29 is 9.53 Å². The maximum atomic E-state index is 11.5. The van der Waals surface area contributed by atoms with Gasteiger partial charge in [0.1, 0.15) is 5.75 Å². The Morgan fingerprint density at radius 2 is 2.18 bits per heavy atom. The summed E-state index contributed by atoms with van der Waals surface area (Å²) in [5, 5.41) is 2.82. The molecule has 1 aromatic rings. The third kappa shape index (κ3) is 2.40. The summed E-state index contributed by atoms with van der Waals surface area (Å²) in [5.41, 5.74) is 1.74. The van der Waals surface area contributed by atoms with E-state index in [4.69, 9.17) is 4.74 Å². The lowest BCUT2D eigenvalue weighted by atomic mass is 10.1. The van der Waals surface area contributed by atoms with Crippen molar-refractivity contribution in [2.75, 3.05) is 19.4 Å². The van der Waals surface area contributed by atoms with Gasteiger partial charge in [0.2, 0.25) is 0 Å². The number of anilines is 1. The van der Waals surface area contributed by atoms with Gasteiger partial charge in [-0.1, -0.05) is 6.07 Å². The molecule has 0 saturated heterocycles. The first-order valence-electron chi connectivity index (χ1n) is 5.45. The summed E-state index contributed by atoms with van der Waals surface area (Å²) in [6.45, 7) is 1.73. The normalized spacial score (nSPS) is 20.5. The second-order valence-corrected chi connectivity index (χ2v) is 4.83. The predicted octanol–water partition coefficient (Wildman–Crippen LogP) is 1.90. The Kier molecular flexibility index (Phi) is 3.31. The SMILES string of the molecule is CC1Oc2ccc(C(S)N(C)C)cc2NC1=O. The fourth-order valence-corrected chi connectivity index (χ4v) is 1.85. The summed E-state index contributed by atoms with van der Waals surface area (Å²) in [7, 11) is 3.91. The Morgan fingerprint density at radius 3 is 2.82 bits per heavy atom. The van der Waals surface area contributed by atoms with Gasteiger partial charge in [-0.25, -0.2) is 0 Å². The molecule has 0 aromatic heterocycles. The Bertz CT molecular complexity index is 448. The lowest BCUT2D eigenvalue weighted by molar-refractivity contribution is -0.122. The Hall–Kier alpha value is -1.20. The minimum atomic E-state index is -0.436. The highest BCUT2D eigenvalue weighted by Crippen LogP contribution is 2.34. The van der Waals surface area contributed by atoms with Crippen molar-refractivity contribution in [3.8, 4) is 5.75 Å². The number of ether oxygens (including phenoxy) is 1. The van der Waals surface area contributed by atoms with E-state index < -0.39 is 6.10 Å². The van der Waals surface area contributed by atoms with E-state index in [1.165, 1.54) is 0 Å². The molecule has 2 rings (SSSR count). The number of fused-ring (bicyclic) bond motifs is 1. The number of hydrogen-bond acceptors (Lipinski definition) is 4. The van der Waals surface area contributed by atoms with E-state index in [2.05, 4.69) is 17.9 Å². The molecule has 17 heavy (non-hydrogen) atoms. The highest BCUT2D eigenvalue weighted by Gasteiger charge is 2.24. The number of benzene rings is 1. The molecular weight excluding hydrogens is 236 g/mol. The molecule has 4 nitrogen and oxygen atoms in total. The van der Waals surface area contributed by atoms with Crippen LogP contribution in [0, 0.1) is 0 Å². The van der Waals surface area contributed by atoms with Crippen molar-refractivity contribution in [2.45, 2.75) is 18.4 Å². The van der Waals surface area contributed by atoms with Gasteiger partial charge in [-0.15, -0.1) is 0 Å². The largest absolute Gasteiger partial charge is 0.479 e. The molecule has 1 aliphatic heterocycles. The number of carbonyl (C=O) groups is 1. The lowest BCUT2D eigenvalue weighted by Crippen LogP contribution is -2.34. The molecule has 1 N–H and O–H groups in total. The first kappa shape index (κ1) is 12.3. The van der Waals surface area contributed by atoms with E-state index in [0.717, 1.165) is 5.56 Å². The van der Waals surface area contributed by atoms with E-state index in [1.807, 2.05) is 37.2 Å². The molecule has 2 unspecified atom stereocenters. The molecule has 0 aliphatic carbocycles.